The van der Waals surface area contributed by atoms with Crippen LogP contribution in [0.15, 0.2) is 36.9 Å². The van der Waals surface area contributed by atoms with Gasteiger partial charge in [-0.1, -0.05) is 18.2 Å². The Bertz CT molecular complexity index is 506. The summed E-state index contributed by atoms with van der Waals surface area (Å²) in [6.07, 6.45) is 1.98. The number of anilines is 1. The van der Waals surface area contributed by atoms with Gasteiger partial charge in [-0.15, -0.1) is 6.58 Å². The van der Waals surface area contributed by atoms with Gasteiger partial charge in [0.15, 0.2) is 0 Å². The first kappa shape index (κ1) is 15.9. The fourth-order valence-electron chi connectivity index (χ4n) is 1.62. The first-order valence-electron chi connectivity index (χ1n) is 6.30. The van der Waals surface area contributed by atoms with Gasteiger partial charge in [-0.25, -0.2) is 0 Å². The van der Waals surface area contributed by atoms with E-state index >= 15 is 0 Å². The molecule has 20 heavy (non-hydrogen) atoms. The lowest BCUT2D eigenvalue weighted by atomic mass is 9.85. The summed E-state index contributed by atoms with van der Waals surface area (Å²) >= 11 is 0. The lowest BCUT2D eigenvalue weighted by Gasteiger charge is -2.20. The zero-order chi connectivity index (χ0) is 15.3. The van der Waals surface area contributed by atoms with E-state index in [-0.39, 0.29) is 5.91 Å². The minimum atomic E-state index is -0.970. The number of amides is 1. The molecule has 0 saturated carbocycles. The Balaban J connectivity index is 2.80. The van der Waals surface area contributed by atoms with Crippen molar-refractivity contribution in [3.05, 3.63) is 42.5 Å². The molecule has 108 valence electrons. The molecule has 4 N–H and O–H groups in total. The molecule has 1 rings (SSSR count). The number of nitrogens with one attached hydrogen (secondary N) is 1. The number of aliphatic carboxylic acids is 1. The second-order valence-electron chi connectivity index (χ2n) is 5.13. The highest BCUT2D eigenvalue weighted by Crippen LogP contribution is 2.24. The fourth-order valence-corrected chi connectivity index (χ4v) is 1.62. The van der Waals surface area contributed by atoms with Crippen LogP contribution in [0.1, 0.15) is 25.8 Å². The zero-order valence-electron chi connectivity index (χ0n) is 11.7. The van der Waals surface area contributed by atoms with Gasteiger partial charge in [-0.05, 0) is 38.0 Å². The van der Waals surface area contributed by atoms with Crippen LogP contribution in [0.25, 0.3) is 0 Å². The van der Waals surface area contributed by atoms with Crippen LogP contribution in [-0.4, -0.2) is 23.0 Å². The number of carboxylic acids is 1. The zero-order valence-corrected chi connectivity index (χ0v) is 11.7. The number of hydrogen-bond donors (Lipinski definition) is 3. The van der Waals surface area contributed by atoms with Gasteiger partial charge in [0.25, 0.3) is 0 Å². The van der Waals surface area contributed by atoms with E-state index in [2.05, 4.69) is 11.9 Å². The van der Waals surface area contributed by atoms with Crippen molar-refractivity contribution in [1.29, 1.82) is 0 Å². The number of carbonyl (C=O) groups is 2. The SMILES string of the molecule is C=CCC(N)C(=O)Nc1ccc(C(C)(C)C(=O)O)cc1. The van der Waals surface area contributed by atoms with Crippen molar-refractivity contribution in [2.45, 2.75) is 31.7 Å². The molecule has 5 heteroatoms. The molecule has 0 aliphatic carbocycles. The molecule has 1 aromatic carbocycles. The maximum Gasteiger partial charge on any atom is 0.313 e. The van der Waals surface area contributed by atoms with Crippen LogP contribution >= 0.6 is 0 Å². The van der Waals surface area contributed by atoms with Crippen molar-refractivity contribution in [2.24, 2.45) is 5.73 Å². The Morgan fingerprint density at radius 2 is 1.95 bits per heavy atom. The van der Waals surface area contributed by atoms with Crippen molar-refractivity contribution in [1.82, 2.24) is 0 Å². The predicted octanol–water partition coefficient (Wildman–Crippen LogP) is 1.89. The monoisotopic (exact) mass is 276 g/mol. The summed E-state index contributed by atoms with van der Waals surface area (Å²) in [5.41, 5.74) is 5.93. The summed E-state index contributed by atoms with van der Waals surface area (Å²) in [7, 11) is 0. The molecule has 0 heterocycles. The highest BCUT2D eigenvalue weighted by Gasteiger charge is 2.29. The molecular weight excluding hydrogens is 256 g/mol. The third-order valence-electron chi connectivity index (χ3n) is 3.17. The second kappa shape index (κ2) is 6.34. The fraction of sp³-hybridized carbons (Fsp3) is 0.333. The van der Waals surface area contributed by atoms with Crippen LogP contribution in [0.4, 0.5) is 5.69 Å². The van der Waals surface area contributed by atoms with E-state index in [9.17, 15) is 9.59 Å². The number of rotatable bonds is 6. The van der Waals surface area contributed by atoms with Gasteiger partial charge in [0.05, 0.1) is 11.5 Å². The van der Waals surface area contributed by atoms with Gasteiger partial charge in [0, 0.05) is 5.69 Å². The molecule has 0 spiro atoms. The van der Waals surface area contributed by atoms with E-state index in [1.165, 1.54) is 0 Å². The van der Waals surface area contributed by atoms with Gasteiger partial charge in [-0.2, -0.15) is 0 Å². The van der Waals surface area contributed by atoms with E-state index < -0.39 is 17.4 Å². The summed E-state index contributed by atoms with van der Waals surface area (Å²) in [6.45, 7) is 6.79. The Morgan fingerprint density at radius 1 is 1.40 bits per heavy atom. The first-order chi connectivity index (χ1) is 9.28. The summed E-state index contributed by atoms with van der Waals surface area (Å²) < 4.78 is 0. The third-order valence-corrected chi connectivity index (χ3v) is 3.17. The van der Waals surface area contributed by atoms with Crippen LogP contribution in [0.2, 0.25) is 0 Å². The van der Waals surface area contributed by atoms with E-state index in [1.807, 2.05) is 0 Å². The number of benzene rings is 1. The summed E-state index contributed by atoms with van der Waals surface area (Å²) in [5, 5.41) is 11.8. The molecule has 1 amide bonds. The topological polar surface area (TPSA) is 92.4 Å². The molecule has 0 aliphatic heterocycles. The van der Waals surface area contributed by atoms with Crippen molar-refractivity contribution < 1.29 is 14.7 Å². The smallest absolute Gasteiger partial charge is 0.313 e. The normalized spacial score (nSPS) is 12.6. The Hall–Kier alpha value is -2.14. The van der Waals surface area contributed by atoms with Gasteiger partial charge in [0.2, 0.25) is 5.91 Å². The second-order valence-corrected chi connectivity index (χ2v) is 5.13. The summed E-state index contributed by atoms with van der Waals surface area (Å²) in [6, 6.07) is 6.06. The highest BCUT2D eigenvalue weighted by molar-refractivity contribution is 5.94. The number of nitrogens with two attached hydrogens (primary N) is 1. The molecule has 0 aromatic heterocycles. The molecule has 5 nitrogen and oxygen atoms in total. The van der Waals surface area contributed by atoms with E-state index in [0.29, 0.717) is 17.7 Å². The Labute approximate surface area is 118 Å². The molecular formula is C15H20N2O3. The minimum Gasteiger partial charge on any atom is -0.481 e. The molecule has 0 fully saturated rings. The quantitative estimate of drug-likeness (QED) is 0.692. The molecule has 0 radical (unpaired) electrons. The highest BCUT2D eigenvalue weighted by atomic mass is 16.4. The van der Waals surface area contributed by atoms with Gasteiger partial charge < -0.3 is 16.2 Å². The summed E-state index contributed by atoms with van der Waals surface area (Å²) in [4.78, 5) is 22.9. The Morgan fingerprint density at radius 3 is 2.40 bits per heavy atom. The van der Waals surface area contributed by atoms with Crippen LogP contribution in [0.5, 0.6) is 0 Å². The van der Waals surface area contributed by atoms with Gasteiger partial charge >= 0.3 is 5.97 Å². The van der Waals surface area contributed by atoms with Crippen molar-refractivity contribution >= 4 is 17.6 Å². The molecule has 0 saturated heterocycles. The van der Waals surface area contributed by atoms with E-state index in [4.69, 9.17) is 10.8 Å². The standard InChI is InChI=1S/C15H20N2O3/c1-4-5-12(16)13(18)17-11-8-6-10(7-9-11)15(2,3)14(19)20/h4,6-9,12H,1,5,16H2,2-3H3,(H,17,18)(H,19,20). The van der Waals surface area contributed by atoms with Gasteiger partial charge in [-0.3, -0.25) is 9.59 Å². The molecule has 1 unspecified atom stereocenters. The minimum absolute atomic E-state index is 0.296. The number of carbonyl (C=O) groups excluding carboxylic acids is 1. The Kier molecular flexibility index (Phi) is 5.05. The van der Waals surface area contributed by atoms with Gasteiger partial charge in [0.1, 0.15) is 0 Å². The largest absolute Gasteiger partial charge is 0.481 e. The molecule has 1 aromatic rings. The first-order valence-corrected chi connectivity index (χ1v) is 6.30. The van der Waals surface area contributed by atoms with E-state index in [0.717, 1.165) is 0 Å². The van der Waals surface area contributed by atoms with E-state index in [1.54, 1.807) is 44.2 Å². The average molecular weight is 276 g/mol. The number of carboxylic acid groups (broad SMARTS) is 1. The molecule has 1 atom stereocenters. The molecule has 0 bridgehead atoms. The van der Waals surface area contributed by atoms with Crippen molar-refractivity contribution in [3.8, 4) is 0 Å². The van der Waals surface area contributed by atoms with Crippen LogP contribution in [0, 0.1) is 0 Å². The number of hydrogen-bond acceptors (Lipinski definition) is 3. The van der Waals surface area contributed by atoms with Crippen molar-refractivity contribution in [3.63, 3.8) is 0 Å². The maximum atomic E-state index is 11.7. The van der Waals surface area contributed by atoms with Crippen LogP contribution in [-0.2, 0) is 15.0 Å². The summed E-state index contributed by atoms with van der Waals surface area (Å²) in [5.74, 6) is -1.20. The molecule has 0 aliphatic rings. The van der Waals surface area contributed by atoms with Crippen LogP contribution in [0.3, 0.4) is 0 Å². The lowest BCUT2D eigenvalue weighted by Crippen LogP contribution is -2.35. The lowest BCUT2D eigenvalue weighted by molar-refractivity contribution is -0.142. The van der Waals surface area contributed by atoms with Crippen molar-refractivity contribution in [2.75, 3.05) is 5.32 Å². The maximum absolute atomic E-state index is 11.7. The van der Waals surface area contributed by atoms with Crippen LogP contribution < -0.4 is 11.1 Å². The predicted molar refractivity (Wildman–Crippen MR) is 78.5 cm³/mol. The average Bonchev–Trinajstić information content (AvgIpc) is 2.39. The third kappa shape index (κ3) is 3.68.